The maximum atomic E-state index is 13.7. The van der Waals surface area contributed by atoms with E-state index in [1.165, 1.54) is 11.6 Å². The van der Waals surface area contributed by atoms with Gasteiger partial charge < -0.3 is 9.47 Å². The topological polar surface area (TPSA) is 47.9 Å². The lowest BCUT2D eigenvalue weighted by Gasteiger charge is -2.07. The van der Waals surface area contributed by atoms with Crippen LogP contribution in [-0.2, 0) is 16.1 Å². The molecule has 0 unspecified atom stereocenters. The van der Waals surface area contributed by atoms with Crippen molar-refractivity contribution in [2.24, 2.45) is 4.99 Å². The van der Waals surface area contributed by atoms with Crippen molar-refractivity contribution >= 4 is 17.9 Å². The van der Waals surface area contributed by atoms with Gasteiger partial charge in [-0.05, 0) is 53.5 Å². The zero-order valence-electron chi connectivity index (χ0n) is 17.3. The number of benzene rings is 3. The molecule has 1 aliphatic rings. The number of carbonyl (C=O) groups is 1. The van der Waals surface area contributed by atoms with Crippen LogP contribution < -0.4 is 4.74 Å². The standard InChI is InChI=1S/C26H22FNO3/c1-17(2)19-9-11-20(12-10-19)25-28-24(26(29)31-25)15-18-7-13-22(14-8-18)30-16-21-5-3-4-6-23(21)27/h3-15,17H,16H2,1-2H3/b24-15-. The molecule has 0 aliphatic carbocycles. The highest BCUT2D eigenvalue weighted by atomic mass is 19.1. The summed E-state index contributed by atoms with van der Waals surface area (Å²) in [6.45, 7) is 4.39. The summed E-state index contributed by atoms with van der Waals surface area (Å²) >= 11 is 0. The molecule has 156 valence electrons. The Labute approximate surface area is 180 Å². The van der Waals surface area contributed by atoms with Crippen LogP contribution in [0.5, 0.6) is 5.75 Å². The van der Waals surface area contributed by atoms with Crippen LogP contribution in [0.1, 0.15) is 42.0 Å². The van der Waals surface area contributed by atoms with Gasteiger partial charge in [-0.25, -0.2) is 14.2 Å². The highest BCUT2D eigenvalue weighted by Crippen LogP contribution is 2.22. The van der Waals surface area contributed by atoms with E-state index in [0.717, 1.165) is 11.1 Å². The molecule has 0 fully saturated rings. The second-order valence-corrected chi connectivity index (χ2v) is 7.56. The molecule has 0 atom stereocenters. The summed E-state index contributed by atoms with van der Waals surface area (Å²) in [5, 5.41) is 0. The number of hydrogen-bond donors (Lipinski definition) is 0. The normalized spacial score (nSPS) is 14.6. The molecule has 0 saturated heterocycles. The van der Waals surface area contributed by atoms with Crippen molar-refractivity contribution in [3.05, 3.63) is 107 Å². The third-order valence-corrected chi connectivity index (χ3v) is 4.98. The smallest absolute Gasteiger partial charge is 0.363 e. The molecule has 4 rings (SSSR count). The third kappa shape index (κ3) is 4.89. The summed E-state index contributed by atoms with van der Waals surface area (Å²) < 4.78 is 24.7. The molecule has 4 nitrogen and oxygen atoms in total. The first-order valence-corrected chi connectivity index (χ1v) is 10.1. The summed E-state index contributed by atoms with van der Waals surface area (Å²) in [7, 11) is 0. The van der Waals surface area contributed by atoms with E-state index >= 15 is 0 Å². The van der Waals surface area contributed by atoms with Crippen LogP contribution in [-0.4, -0.2) is 11.9 Å². The molecule has 1 heterocycles. The number of cyclic esters (lactones) is 1. The van der Waals surface area contributed by atoms with E-state index in [1.807, 2.05) is 36.4 Å². The molecular formula is C26H22FNO3. The average molecular weight is 415 g/mol. The highest BCUT2D eigenvalue weighted by Gasteiger charge is 2.24. The molecule has 0 aromatic heterocycles. The van der Waals surface area contributed by atoms with E-state index in [9.17, 15) is 9.18 Å². The zero-order valence-corrected chi connectivity index (χ0v) is 17.3. The van der Waals surface area contributed by atoms with E-state index in [2.05, 4.69) is 18.8 Å². The number of esters is 1. The van der Waals surface area contributed by atoms with Crippen molar-refractivity contribution in [1.29, 1.82) is 0 Å². The first-order chi connectivity index (χ1) is 15.0. The van der Waals surface area contributed by atoms with E-state index < -0.39 is 5.97 Å². The average Bonchev–Trinajstić information content (AvgIpc) is 3.14. The van der Waals surface area contributed by atoms with Crippen molar-refractivity contribution in [3.8, 4) is 5.75 Å². The molecule has 31 heavy (non-hydrogen) atoms. The lowest BCUT2D eigenvalue weighted by molar-refractivity contribution is -0.129. The van der Waals surface area contributed by atoms with Crippen molar-refractivity contribution in [3.63, 3.8) is 0 Å². The first-order valence-electron chi connectivity index (χ1n) is 10.1. The van der Waals surface area contributed by atoms with E-state index in [1.54, 1.807) is 36.4 Å². The maximum absolute atomic E-state index is 13.7. The van der Waals surface area contributed by atoms with Crippen molar-refractivity contribution in [2.45, 2.75) is 26.4 Å². The van der Waals surface area contributed by atoms with Crippen LogP contribution in [0.25, 0.3) is 6.08 Å². The number of carbonyl (C=O) groups excluding carboxylic acids is 1. The van der Waals surface area contributed by atoms with Gasteiger partial charge >= 0.3 is 5.97 Å². The Kier molecular flexibility index (Phi) is 5.94. The largest absolute Gasteiger partial charge is 0.489 e. The minimum Gasteiger partial charge on any atom is -0.489 e. The number of halogens is 1. The van der Waals surface area contributed by atoms with Crippen molar-refractivity contribution in [1.82, 2.24) is 0 Å². The fourth-order valence-electron chi connectivity index (χ4n) is 3.14. The summed E-state index contributed by atoms with van der Waals surface area (Å²) in [5.74, 6) is 0.556. The number of rotatable bonds is 6. The van der Waals surface area contributed by atoms with E-state index in [0.29, 0.717) is 23.1 Å². The molecule has 0 saturated carbocycles. The molecule has 0 radical (unpaired) electrons. The van der Waals surface area contributed by atoms with Crippen molar-refractivity contribution < 1.29 is 18.7 Å². The Bertz CT molecular complexity index is 1150. The van der Waals surface area contributed by atoms with Crippen LogP contribution >= 0.6 is 0 Å². The SMILES string of the molecule is CC(C)c1ccc(C2=N/C(=C\c3ccc(OCc4ccccc4F)cc3)C(=O)O2)cc1. The van der Waals surface area contributed by atoms with Gasteiger partial charge in [0.1, 0.15) is 18.2 Å². The maximum Gasteiger partial charge on any atom is 0.363 e. The fourth-order valence-corrected chi connectivity index (χ4v) is 3.14. The van der Waals surface area contributed by atoms with Crippen LogP contribution in [0, 0.1) is 5.82 Å². The van der Waals surface area contributed by atoms with Crippen molar-refractivity contribution in [2.75, 3.05) is 0 Å². The third-order valence-electron chi connectivity index (χ3n) is 4.98. The summed E-state index contributed by atoms with van der Waals surface area (Å²) in [4.78, 5) is 16.6. The number of ether oxygens (including phenoxy) is 2. The molecule has 0 amide bonds. The monoisotopic (exact) mass is 415 g/mol. The Morgan fingerprint density at radius 1 is 1.00 bits per heavy atom. The van der Waals surface area contributed by atoms with Crippen LogP contribution in [0.2, 0.25) is 0 Å². The van der Waals surface area contributed by atoms with E-state index in [4.69, 9.17) is 9.47 Å². The number of aliphatic imine (C=N–C) groups is 1. The minimum absolute atomic E-state index is 0.142. The molecule has 0 bridgehead atoms. The molecule has 3 aromatic carbocycles. The Hall–Kier alpha value is -3.73. The minimum atomic E-state index is -0.484. The number of nitrogens with zero attached hydrogens (tertiary/aromatic N) is 1. The highest BCUT2D eigenvalue weighted by molar-refractivity contribution is 6.12. The Morgan fingerprint density at radius 3 is 2.39 bits per heavy atom. The van der Waals surface area contributed by atoms with Crippen LogP contribution in [0.3, 0.4) is 0 Å². The summed E-state index contributed by atoms with van der Waals surface area (Å²) in [6.07, 6.45) is 1.67. The quantitative estimate of drug-likeness (QED) is 0.374. The molecular weight excluding hydrogens is 393 g/mol. The number of hydrogen-bond acceptors (Lipinski definition) is 4. The molecule has 0 spiro atoms. The van der Waals surface area contributed by atoms with Gasteiger partial charge in [0.25, 0.3) is 0 Å². The Morgan fingerprint density at radius 2 is 1.71 bits per heavy atom. The lowest BCUT2D eigenvalue weighted by Crippen LogP contribution is -2.05. The lowest BCUT2D eigenvalue weighted by atomic mass is 10.0. The van der Waals surface area contributed by atoms with Gasteiger partial charge in [-0.3, -0.25) is 0 Å². The second-order valence-electron chi connectivity index (χ2n) is 7.56. The van der Waals surface area contributed by atoms with E-state index in [-0.39, 0.29) is 18.1 Å². The van der Waals surface area contributed by atoms with Gasteiger partial charge in [0.15, 0.2) is 5.70 Å². The van der Waals surface area contributed by atoms with Gasteiger partial charge in [0.05, 0.1) is 0 Å². The molecule has 0 N–H and O–H groups in total. The fraction of sp³-hybridized carbons (Fsp3) is 0.154. The first kappa shape index (κ1) is 20.5. The summed E-state index contributed by atoms with van der Waals surface area (Å²) in [6, 6.07) is 21.5. The van der Waals surface area contributed by atoms with Crippen LogP contribution in [0.15, 0.2) is 83.5 Å². The van der Waals surface area contributed by atoms with Gasteiger partial charge in [0, 0.05) is 11.1 Å². The van der Waals surface area contributed by atoms with Gasteiger partial charge in [-0.2, -0.15) is 0 Å². The molecule has 1 aliphatic heterocycles. The second kappa shape index (κ2) is 8.96. The summed E-state index contributed by atoms with van der Waals surface area (Å²) in [5.41, 5.74) is 3.48. The predicted octanol–water partition coefficient (Wildman–Crippen LogP) is 5.87. The van der Waals surface area contributed by atoms with Crippen LogP contribution in [0.4, 0.5) is 4.39 Å². The van der Waals surface area contributed by atoms with Gasteiger partial charge in [0.2, 0.25) is 5.90 Å². The van der Waals surface area contributed by atoms with Gasteiger partial charge in [-0.1, -0.05) is 56.3 Å². The van der Waals surface area contributed by atoms with Gasteiger partial charge in [-0.15, -0.1) is 0 Å². The Balaban J connectivity index is 1.45. The molecule has 3 aromatic rings. The zero-order chi connectivity index (χ0) is 21.8. The predicted molar refractivity (Wildman–Crippen MR) is 118 cm³/mol. The molecule has 5 heteroatoms.